The number of carbonyl (C=O) groups is 2. The number of likely N-dealkylation sites (N-methyl/N-ethyl adjacent to an activating group) is 1. The molecule has 25 heavy (non-hydrogen) atoms. The van der Waals surface area contributed by atoms with Gasteiger partial charge in [-0.2, -0.15) is 0 Å². The van der Waals surface area contributed by atoms with Gasteiger partial charge in [0.25, 0.3) is 0 Å². The van der Waals surface area contributed by atoms with Gasteiger partial charge in [0.1, 0.15) is 5.75 Å². The Morgan fingerprint density at radius 2 is 2.20 bits per heavy atom. The highest BCUT2D eigenvalue weighted by molar-refractivity contribution is 5.81. The molecule has 1 amide bonds. The number of aliphatic hydroxyl groups excluding tert-OH is 1. The van der Waals surface area contributed by atoms with Crippen molar-refractivity contribution < 1.29 is 19.4 Å². The lowest BCUT2D eigenvalue weighted by atomic mass is 10.1. The molecule has 1 rings (SSSR count). The van der Waals surface area contributed by atoms with Crippen LogP contribution in [0.15, 0.2) is 18.2 Å². The summed E-state index contributed by atoms with van der Waals surface area (Å²) in [7, 11) is 3.26. The molecule has 0 saturated carbocycles. The number of para-hydroxylation sites is 1. The van der Waals surface area contributed by atoms with Gasteiger partial charge in [-0.05, 0) is 32.0 Å². The highest BCUT2D eigenvalue weighted by Crippen LogP contribution is 2.21. The number of nitrogens with two attached hydrogens (primary N) is 1. The summed E-state index contributed by atoms with van der Waals surface area (Å²) in [5.74, 6) is 6.10. The van der Waals surface area contributed by atoms with Crippen molar-refractivity contribution in [3.63, 3.8) is 0 Å². The molecule has 1 atom stereocenters. The van der Waals surface area contributed by atoms with Crippen LogP contribution in [0.1, 0.15) is 48.5 Å². The largest absolute Gasteiger partial charge is 0.495 e. The molecule has 0 fully saturated rings. The molecule has 0 aliphatic rings. The average Bonchev–Trinajstić information content (AvgIpc) is 2.63. The highest BCUT2D eigenvalue weighted by atomic mass is 16.5. The number of benzene rings is 1. The van der Waals surface area contributed by atoms with Gasteiger partial charge in [-0.25, -0.2) is 0 Å². The number of hydrogen-bond acceptors (Lipinski definition) is 5. The molecular formula is C19H28N2O4. The maximum atomic E-state index is 10.8. The fourth-order valence-corrected chi connectivity index (χ4v) is 2.02. The molecule has 0 radical (unpaired) electrons. The minimum atomic E-state index is -0.264. The van der Waals surface area contributed by atoms with Crippen molar-refractivity contribution in [3.05, 3.63) is 29.3 Å². The van der Waals surface area contributed by atoms with E-state index in [1.165, 1.54) is 7.11 Å². The molecule has 1 aromatic rings. The molecule has 0 aliphatic heterocycles. The van der Waals surface area contributed by atoms with Gasteiger partial charge in [0.15, 0.2) is 6.29 Å². The normalized spacial score (nSPS) is 10.6. The molecule has 0 heterocycles. The third kappa shape index (κ3) is 8.89. The summed E-state index contributed by atoms with van der Waals surface area (Å²) in [6, 6.07) is 5.11. The van der Waals surface area contributed by atoms with Crippen molar-refractivity contribution in [3.8, 4) is 17.6 Å². The predicted molar refractivity (Wildman–Crippen MR) is 98.5 cm³/mol. The van der Waals surface area contributed by atoms with Crippen molar-refractivity contribution in [2.45, 2.75) is 38.6 Å². The minimum absolute atomic E-state index is 0.139. The zero-order valence-corrected chi connectivity index (χ0v) is 15.2. The Morgan fingerprint density at radius 1 is 1.48 bits per heavy atom. The van der Waals surface area contributed by atoms with Gasteiger partial charge < -0.3 is 20.9 Å². The first kappa shape index (κ1) is 22.6. The van der Waals surface area contributed by atoms with E-state index in [1.807, 2.05) is 6.92 Å². The Kier molecular flexibility index (Phi) is 12.7. The number of aliphatic hydroxyl groups is 1. The number of aldehydes is 1. The van der Waals surface area contributed by atoms with Crippen molar-refractivity contribution in [1.29, 1.82) is 0 Å². The molecule has 0 aromatic heterocycles. The van der Waals surface area contributed by atoms with Crippen LogP contribution in [0.2, 0.25) is 0 Å². The molecule has 1 aromatic carbocycles. The number of hydrogen-bond donors (Lipinski definition) is 3. The second kappa shape index (κ2) is 14.0. The number of ether oxygens (including phenoxy) is 1. The third-order valence-corrected chi connectivity index (χ3v) is 3.33. The molecule has 6 nitrogen and oxygen atoms in total. The van der Waals surface area contributed by atoms with E-state index in [0.717, 1.165) is 19.1 Å². The van der Waals surface area contributed by atoms with Crippen LogP contribution in [0.5, 0.6) is 5.75 Å². The van der Waals surface area contributed by atoms with Gasteiger partial charge in [0, 0.05) is 13.0 Å². The van der Waals surface area contributed by atoms with Crippen LogP contribution >= 0.6 is 0 Å². The van der Waals surface area contributed by atoms with E-state index in [-0.39, 0.29) is 18.6 Å². The van der Waals surface area contributed by atoms with E-state index < -0.39 is 0 Å². The number of nitrogens with one attached hydrogen (secondary N) is 1. The second-order valence-corrected chi connectivity index (χ2v) is 5.21. The van der Waals surface area contributed by atoms with Gasteiger partial charge in [0.05, 0.1) is 24.3 Å². The number of carbonyl (C=O) groups excluding carboxylic acids is 2. The number of primary amides is 1. The van der Waals surface area contributed by atoms with E-state index in [0.29, 0.717) is 29.7 Å². The summed E-state index contributed by atoms with van der Waals surface area (Å²) in [4.78, 5) is 21.2. The average molecular weight is 348 g/mol. The fourth-order valence-electron chi connectivity index (χ4n) is 2.02. The topological polar surface area (TPSA) is 102 Å². The van der Waals surface area contributed by atoms with E-state index >= 15 is 0 Å². The van der Waals surface area contributed by atoms with E-state index in [1.54, 1.807) is 25.2 Å². The Hall–Kier alpha value is -2.36. The van der Waals surface area contributed by atoms with Crippen LogP contribution in [0.3, 0.4) is 0 Å². The standard InChI is InChI=1S/C13H14O3.C6H14N2O/c1-16-13-11(6-3-2-4-9-14)7-5-8-12(13)10-15;1-3-4-5(8-2)6(7)9/h5,7-8,10,14H,2,4,9H2,1H3;5,8H,3-4H2,1-2H3,(H2,7,9). The van der Waals surface area contributed by atoms with Gasteiger partial charge in [-0.3, -0.25) is 9.59 Å². The SMILES string of the molecule is CCCC(NC)C(N)=O.COc1c(C#CCCCO)cccc1C=O. The molecule has 0 bridgehead atoms. The predicted octanol–water partition coefficient (Wildman–Crippen LogP) is 1.49. The number of methoxy groups -OCH3 is 1. The Balaban J connectivity index is 0.000000547. The van der Waals surface area contributed by atoms with Gasteiger partial charge in [-0.1, -0.05) is 31.3 Å². The zero-order valence-electron chi connectivity index (χ0n) is 15.2. The first-order chi connectivity index (χ1) is 12.0. The lowest BCUT2D eigenvalue weighted by molar-refractivity contribution is -0.120. The summed E-state index contributed by atoms with van der Waals surface area (Å²) >= 11 is 0. The van der Waals surface area contributed by atoms with Crippen molar-refractivity contribution in [2.24, 2.45) is 5.73 Å². The minimum Gasteiger partial charge on any atom is -0.495 e. The van der Waals surface area contributed by atoms with Crippen LogP contribution in [0.25, 0.3) is 0 Å². The van der Waals surface area contributed by atoms with Crippen LogP contribution in [-0.2, 0) is 4.79 Å². The van der Waals surface area contributed by atoms with E-state index in [4.69, 9.17) is 15.6 Å². The summed E-state index contributed by atoms with van der Waals surface area (Å²) in [6.45, 7) is 2.16. The summed E-state index contributed by atoms with van der Waals surface area (Å²) in [5.41, 5.74) is 6.23. The monoisotopic (exact) mass is 348 g/mol. The highest BCUT2D eigenvalue weighted by Gasteiger charge is 2.09. The number of unbranched alkanes of at least 4 members (excludes halogenated alkanes) is 1. The smallest absolute Gasteiger partial charge is 0.234 e. The first-order valence-corrected chi connectivity index (χ1v) is 8.24. The first-order valence-electron chi connectivity index (χ1n) is 8.24. The maximum absolute atomic E-state index is 10.8. The van der Waals surface area contributed by atoms with Crippen LogP contribution in [0.4, 0.5) is 0 Å². The maximum Gasteiger partial charge on any atom is 0.234 e. The van der Waals surface area contributed by atoms with Crippen LogP contribution in [0, 0.1) is 11.8 Å². The number of rotatable bonds is 8. The molecule has 138 valence electrons. The lowest BCUT2D eigenvalue weighted by Crippen LogP contribution is -2.38. The summed E-state index contributed by atoms with van der Waals surface area (Å²) in [5, 5.41) is 11.4. The van der Waals surface area contributed by atoms with E-state index in [9.17, 15) is 9.59 Å². The summed E-state index contributed by atoms with van der Waals surface area (Å²) < 4.78 is 5.14. The molecule has 0 aliphatic carbocycles. The quantitative estimate of drug-likeness (QED) is 0.375. The van der Waals surface area contributed by atoms with Crippen LogP contribution in [-0.4, -0.2) is 44.1 Å². The van der Waals surface area contributed by atoms with Gasteiger partial charge in [0.2, 0.25) is 5.91 Å². The Labute approximate surface area is 149 Å². The zero-order chi connectivity index (χ0) is 19.1. The van der Waals surface area contributed by atoms with Gasteiger partial charge in [-0.15, -0.1) is 0 Å². The molecular weight excluding hydrogens is 320 g/mol. The van der Waals surface area contributed by atoms with Crippen molar-refractivity contribution in [2.75, 3.05) is 20.8 Å². The number of amides is 1. The van der Waals surface area contributed by atoms with Crippen molar-refractivity contribution >= 4 is 12.2 Å². The van der Waals surface area contributed by atoms with Gasteiger partial charge >= 0.3 is 0 Å². The van der Waals surface area contributed by atoms with E-state index in [2.05, 4.69) is 17.2 Å². The fraction of sp³-hybridized carbons (Fsp3) is 0.474. The second-order valence-electron chi connectivity index (χ2n) is 5.21. The molecule has 0 saturated heterocycles. The molecule has 1 unspecified atom stereocenters. The Bertz CT molecular complexity index is 591. The molecule has 4 N–H and O–H groups in total. The third-order valence-electron chi connectivity index (χ3n) is 3.33. The van der Waals surface area contributed by atoms with Crippen molar-refractivity contribution in [1.82, 2.24) is 5.32 Å². The summed E-state index contributed by atoms with van der Waals surface area (Å²) in [6.07, 6.45) is 3.84. The lowest BCUT2D eigenvalue weighted by Gasteiger charge is -2.08. The molecule has 6 heteroatoms. The Morgan fingerprint density at radius 3 is 2.64 bits per heavy atom. The molecule has 0 spiro atoms. The van der Waals surface area contributed by atoms with Crippen LogP contribution < -0.4 is 15.8 Å².